The van der Waals surface area contributed by atoms with E-state index in [0.29, 0.717) is 0 Å². The summed E-state index contributed by atoms with van der Waals surface area (Å²) in [5.74, 6) is 0. The van der Waals surface area contributed by atoms with Gasteiger partial charge in [0.1, 0.15) is 0 Å². The molecular weight excluding hydrogens is 374 g/mol. The summed E-state index contributed by atoms with van der Waals surface area (Å²) in [5.41, 5.74) is -13.2. The molecule has 1 aliphatic heterocycles. The van der Waals surface area contributed by atoms with Crippen LogP contribution in [0.1, 0.15) is 0 Å². The molecule has 0 amide bonds. The average Bonchev–Trinajstić information content (AvgIpc) is 2.23. The van der Waals surface area contributed by atoms with Crippen LogP contribution in [0.2, 0.25) is 0 Å². The molecular formula is C7H8F6O7S2. The first-order valence-electron chi connectivity index (χ1n) is 5.11. The van der Waals surface area contributed by atoms with Gasteiger partial charge in [0.05, 0.1) is 31.8 Å². The molecule has 0 saturated carbocycles. The van der Waals surface area contributed by atoms with Crippen LogP contribution in [0.15, 0.2) is 0 Å². The van der Waals surface area contributed by atoms with Gasteiger partial charge in [-0.1, -0.05) is 0 Å². The monoisotopic (exact) mass is 382 g/mol. The molecule has 0 atom stereocenters. The van der Waals surface area contributed by atoms with Gasteiger partial charge in [0, 0.05) is 0 Å². The van der Waals surface area contributed by atoms with E-state index in [1.54, 1.807) is 0 Å². The third-order valence-corrected chi connectivity index (χ3v) is 4.41. The first-order chi connectivity index (χ1) is 9.62. The Morgan fingerprint density at radius 3 is 1.32 bits per heavy atom. The van der Waals surface area contributed by atoms with Gasteiger partial charge in [-0.3, -0.25) is 8.37 Å². The van der Waals surface area contributed by atoms with E-state index >= 15 is 0 Å². The molecule has 1 heterocycles. The number of hydrogen-bond acceptors (Lipinski definition) is 7. The normalized spacial score (nSPS) is 19.7. The molecule has 7 nitrogen and oxygen atoms in total. The van der Waals surface area contributed by atoms with Crippen molar-refractivity contribution < 1.29 is 56.3 Å². The van der Waals surface area contributed by atoms with Crippen LogP contribution < -0.4 is 0 Å². The highest BCUT2D eigenvalue weighted by atomic mass is 32.2. The Labute approximate surface area is 120 Å². The molecule has 0 bridgehead atoms. The zero-order valence-electron chi connectivity index (χ0n) is 10.3. The van der Waals surface area contributed by atoms with Gasteiger partial charge in [-0.25, -0.2) is 0 Å². The fourth-order valence-corrected chi connectivity index (χ4v) is 2.22. The van der Waals surface area contributed by atoms with Gasteiger partial charge in [0.15, 0.2) is 0 Å². The quantitative estimate of drug-likeness (QED) is 0.380. The Bertz CT molecular complexity index is 550. The fourth-order valence-electron chi connectivity index (χ4n) is 1.14. The minimum Gasteiger partial charge on any atom is -0.380 e. The number of ether oxygens (including phenoxy) is 1. The van der Waals surface area contributed by atoms with Crippen LogP contribution in [0.3, 0.4) is 0 Å². The lowest BCUT2D eigenvalue weighted by Crippen LogP contribution is -2.51. The van der Waals surface area contributed by atoms with E-state index in [1.165, 1.54) is 0 Å². The third-order valence-electron chi connectivity index (χ3n) is 2.42. The van der Waals surface area contributed by atoms with Crippen molar-refractivity contribution >= 4 is 20.2 Å². The lowest BCUT2D eigenvalue weighted by molar-refractivity contribution is -0.153. The van der Waals surface area contributed by atoms with Gasteiger partial charge < -0.3 is 4.74 Å². The summed E-state index contributed by atoms with van der Waals surface area (Å²) in [7, 11) is -11.9. The van der Waals surface area contributed by atoms with Gasteiger partial charge in [0.2, 0.25) is 0 Å². The fraction of sp³-hybridized carbons (Fsp3) is 1.00. The van der Waals surface area contributed by atoms with E-state index in [0.717, 1.165) is 0 Å². The Balaban J connectivity index is 2.72. The Morgan fingerprint density at radius 1 is 0.818 bits per heavy atom. The van der Waals surface area contributed by atoms with Crippen LogP contribution in [0, 0.1) is 5.41 Å². The topological polar surface area (TPSA) is 96.0 Å². The molecule has 0 spiro atoms. The van der Waals surface area contributed by atoms with Gasteiger partial charge in [-0.05, 0) is 0 Å². The van der Waals surface area contributed by atoms with Crippen molar-refractivity contribution in [1.29, 1.82) is 0 Å². The molecule has 0 aromatic carbocycles. The molecule has 1 fully saturated rings. The van der Waals surface area contributed by atoms with Crippen molar-refractivity contribution in [3.63, 3.8) is 0 Å². The van der Waals surface area contributed by atoms with Gasteiger partial charge in [0.25, 0.3) is 0 Å². The van der Waals surface area contributed by atoms with Crippen molar-refractivity contribution in [2.24, 2.45) is 5.41 Å². The standard InChI is InChI=1S/C7H8F6O7S2/c8-6(9,10)21(14,15)19-3-5(1-18-2-5)4-20-22(16,17)7(11,12)13/h1-4H2. The third kappa shape index (κ3) is 4.21. The second-order valence-corrected chi connectivity index (χ2v) is 7.53. The molecule has 0 unspecified atom stereocenters. The first-order valence-corrected chi connectivity index (χ1v) is 7.93. The molecule has 15 heteroatoms. The average molecular weight is 382 g/mol. The van der Waals surface area contributed by atoms with E-state index in [9.17, 15) is 43.2 Å². The molecule has 132 valence electrons. The molecule has 0 aromatic rings. The molecule has 1 aliphatic rings. The maximum Gasteiger partial charge on any atom is 0.523 e. The minimum atomic E-state index is -5.97. The zero-order valence-corrected chi connectivity index (χ0v) is 11.9. The number of halogens is 6. The molecule has 0 N–H and O–H groups in total. The summed E-state index contributed by atoms with van der Waals surface area (Å²) in [4.78, 5) is 0. The van der Waals surface area contributed by atoms with E-state index in [2.05, 4.69) is 13.1 Å². The Morgan fingerprint density at radius 2 is 1.14 bits per heavy atom. The highest BCUT2D eigenvalue weighted by Gasteiger charge is 2.52. The summed E-state index contributed by atoms with van der Waals surface area (Å²) in [6.45, 7) is -3.56. The van der Waals surface area contributed by atoms with E-state index < -0.39 is 63.1 Å². The maximum absolute atomic E-state index is 12.0. The molecule has 22 heavy (non-hydrogen) atoms. The van der Waals surface area contributed by atoms with Crippen LogP contribution >= 0.6 is 0 Å². The summed E-state index contributed by atoms with van der Waals surface area (Å²) < 4.78 is 127. The van der Waals surface area contributed by atoms with Gasteiger partial charge >= 0.3 is 31.3 Å². The molecule has 1 rings (SSSR count). The van der Waals surface area contributed by atoms with Gasteiger partial charge in [-0.15, -0.1) is 0 Å². The van der Waals surface area contributed by atoms with Crippen molar-refractivity contribution in [3.8, 4) is 0 Å². The molecule has 0 aliphatic carbocycles. The number of hydrogen-bond donors (Lipinski definition) is 0. The first kappa shape index (κ1) is 19.4. The van der Waals surface area contributed by atoms with Crippen molar-refractivity contribution in [2.45, 2.75) is 11.0 Å². The van der Waals surface area contributed by atoms with Crippen LogP contribution in [-0.4, -0.2) is 54.3 Å². The van der Waals surface area contributed by atoms with E-state index in [4.69, 9.17) is 0 Å². The Kier molecular flexibility index (Phi) is 5.09. The second kappa shape index (κ2) is 5.77. The van der Waals surface area contributed by atoms with E-state index in [1.807, 2.05) is 0 Å². The number of rotatable bonds is 6. The molecule has 0 aromatic heterocycles. The van der Waals surface area contributed by atoms with Gasteiger partial charge in [-0.2, -0.15) is 43.2 Å². The largest absolute Gasteiger partial charge is 0.523 e. The lowest BCUT2D eigenvalue weighted by atomic mass is 9.88. The highest BCUT2D eigenvalue weighted by molar-refractivity contribution is 7.87. The SMILES string of the molecule is O=S(=O)(OCC1(COS(=O)(=O)C(F)(F)F)COC1)C(F)(F)F. The number of alkyl halides is 6. The minimum absolute atomic E-state index is 0.534. The maximum atomic E-state index is 12.0. The smallest absolute Gasteiger partial charge is 0.380 e. The summed E-state index contributed by atoms with van der Waals surface area (Å²) >= 11 is 0. The van der Waals surface area contributed by atoms with Crippen LogP contribution in [0.4, 0.5) is 26.3 Å². The second-order valence-electron chi connectivity index (χ2n) is 4.32. The Hall–Kier alpha value is -0.640. The van der Waals surface area contributed by atoms with E-state index in [-0.39, 0.29) is 0 Å². The molecule has 0 radical (unpaired) electrons. The summed E-state index contributed by atoms with van der Waals surface area (Å²) in [5, 5.41) is 0. The lowest BCUT2D eigenvalue weighted by Gasteiger charge is -2.39. The summed E-state index contributed by atoms with van der Waals surface area (Å²) in [6, 6.07) is 0. The summed E-state index contributed by atoms with van der Waals surface area (Å²) in [6.07, 6.45) is 0. The van der Waals surface area contributed by atoms with Crippen molar-refractivity contribution in [2.75, 3.05) is 26.4 Å². The molecule has 1 saturated heterocycles. The van der Waals surface area contributed by atoms with Crippen LogP contribution in [0.25, 0.3) is 0 Å². The predicted molar refractivity (Wildman–Crippen MR) is 55.1 cm³/mol. The van der Waals surface area contributed by atoms with Crippen molar-refractivity contribution in [1.82, 2.24) is 0 Å². The highest BCUT2D eigenvalue weighted by Crippen LogP contribution is 2.34. The predicted octanol–water partition coefficient (Wildman–Crippen LogP) is 0.735. The van der Waals surface area contributed by atoms with Crippen molar-refractivity contribution in [3.05, 3.63) is 0 Å². The van der Waals surface area contributed by atoms with Crippen LogP contribution in [0.5, 0.6) is 0 Å². The zero-order chi connectivity index (χ0) is 17.4. The van der Waals surface area contributed by atoms with Crippen LogP contribution in [-0.2, 0) is 33.3 Å².